The van der Waals surface area contributed by atoms with Crippen LogP contribution in [0, 0.1) is 0 Å². The van der Waals surface area contributed by atoms with Crippen molar-refractivity contribution in [2.75, 3.05) is 13.7 Å². The molecule has 20 heavy (non-hydrogen) atoms. The zero-order valence-electron chi connectivity index (χ0n) is 11.5. The Morgan fingerprint density at radius 3 is 2.85 bits per heavy atom. The van der Waals surface area contributed by atoms with Gasteiger partial charge in [0.2, 0.25) is 0 Å². The van der Waals surface area contributed by atoms with Crippen LogP contribution in [0.2, 0.25) is 0 Å². The maximum atomic E-state index is 11.4. The molecule has 1 fully saturated rings. The molecule has 0 saturated carbocycles. The molecule has 4 nitrogen and oxygen atoms in total. The summed E-state index contributed by atoms with van der Waals surface area (Å²) in [6.07, 6.45) is 1.62. The quantitative estimate of drug-likeness (QED) is 0.835. The summed E-state index contributed by atoms with van der Waals surface area (Å²) >= 11 is 3.52. The third-order valence-corrected chi connectivity index (χ3v) is 3.89. The number of ether oxygens (including phenoxy) is 2. The Kier molecular flexibility index (Phi) is 6.79. The molecule has 0 aromatic heterocycles. The lowest BCUT2D eigenvalue weighted by molar-refractivity contribution is -0.142. The number of benzene rings is 1. The van der Waals surface area contributed by atoms with E-state index in [4.69, 9.17) is 9.47 Å². The first-order chi connectivity index (χ1) is 9.13. The van der Waals surface area contributed by atoms with Crippen LogP contribution in [0.1, 0.15) is 18.9 Å². The normalized spacial score (nSPS) is 21.1. The SMILES string of the molecule is CCc1ccc(O[C@H]2CN[C@H](C(=O)OC)C2)c(Br)c1.Cl. The fourth-order valence-electron chi connectivity index (χ4n) is 2.15. The van der Waals surface area contributed by atoms with E-state index in [1.165, 1.54) is 12.7 Å². The van der Waals surface area contributed by atoms with Crippen molar-refractivity contribution in [3.05, 3.63) is 28.2 Å². The third-order valence-electron chi connectivity index (χ3n) is 3.27. The van der Waals surface area contributed by atoms with Crippen molar-refractivity contribution in [2.45, 2.75) is 31.9 Å². The predicted octanol–water partition coefficient (Wildman–Crippen LogP) is 2.72. The van der Waals surface area contributed by atoms with E-state index in [2.05, 4.69) is 40.3 Å². The first-order valence-corrected chi connectivity index (χ1v) is 7.19. The molecule has 0 radical (unpaired) electrons. The molecule has 2 rings (SSSR count). The molecule has 1 aliphatic heterocycles. The van der Waals surface area contributed by atoms with E-state index in [-0.39, 0.29) is 30.5 Å². The van der Waals surface area contributed by atoms with Crippen LogP contribution in [0.15, 0.2) is 22.7 Å². The standard InChI is InChI=1S/C14H18BrNO3.ClH/c1-3-9-4-5-13(11(15)6-9)19-10-7-12(16-8-10)14(17)18-2;/h4-6,10,12,16H,3,7-8H2,1-2H3;1H/t10-,12+;/m1./s1. The fraction of sp³-hybridized carbons (Fsp3) is 0.500. The minimum absolute atomic E-state index is 0. The zero-order valence-corrected chi connectivity index (χ0v) is 13.9. The van der Waals surface area contributed by atoms with Crippen molar-refractivity contribution in [1.29, 1.82) is 0 Å². The monoisotopic (exact) mass is 363 g/mol. The molecule has 1 saturated heterocycles. The lowest BCUT2D eigenvalue weighted by atomic mass is 10.1. The Morgan fingerprint density at radius 1 is 1.50 bits per heavy atom. The van der Waals surface area contributed by atoms with Gasteiger partial charge in [-0.1, -0.05) is 13.0 Å². The second-order valence-electron chi connectivity index (χ2n) is 4.58. The highest BCUT2D eigenvalue weighted by Crippen LogP contribution is 2.28. The first kappa shape index (κ1) is 17.3. The molecule has 1 aromatic rings. The summed E-state index contributed by atoms with van der Waals surface area (Å²) in [5, 5.41) is 3.10. The Labute approximate surface area is 133 Å². The van der Waals surface area contributed by atoms with Crippen LogP contribution in [0.5, 0.6) is 5.75 Å². The number of rotatable bonds is 4. The molecule has 0 amide bonds. The van der Waals surface area contributed by atoms with Gasteiger partial charge in [0.15, 0.2) is 0 Å². The average molecular weight is 365 g/mol. The second-order valence-corrected chi connectivity index (χ2v) is 5.43. The van der Waals surface area contributed by atoms with Crippen LogP contribution >= 0.6 is 28.3 Å². The Hall–Kier alpha value is -0.780. The number of aryl methyl sites for hydroxylation is 1. The molecule has 1 heterocycles. The minimum atomic E-state index is -0.260. The Morgan fingerprint density at radius 2 is 2.25 bits per heavy atom. The van der Waals surface area contributed by atoms with Crippen LogP contribution in [-0.4, -0.2) is 31.8 Å². The molecule has 1 aliphatic rings. The van der Waals surface area contributed by atoms with Crippen LogP contribution in [0.25, 0.3) is 0 Å². The second kappa shape index (κ2) is 7.86. The maximum absolute atomic E-state index is 11.4. The summed E-state index contributed by atoms with van der Waals surface area (Å²) in [4.78, 5) is 11.4. The van der Waals surface area contributed by atoms with Crippen LogP contribution < -0.4 is 10.1 Å². The van der Waals surface area contributed by atoms with Crippen molar-refractivity contribution in [1.82, 2.24) is 5.32 Å². The van der Waals surface area contributed by atoms with Crippen molar-refractivity contribution in [2.24, 2.45) is 0 Å². The van der Waals surface area contributed by atoms with E-state index in [0.717, 1.165) is 16.6 Å². The molecule has 0 bridgehead atoms. The van der Waals surface area contributed by atoms with Crippen molar-refractivity contribution < 1.29 is 14.3 Å². The van der Waals surface area contributed by atoms with Crippen LogP contribution in [0.3, 0.4) is 0 Å². The number of hydrogen-bond acceptors (Lipinski definition) is 4. The van der Waals surface area contributed by atoms with Gasteiger partial charge < -0.3 is 14.8 Å². The number of esters is 1. The van der Waals surface area contributed by atoms with Gasteiger partial charge in [-0.15, -0.1) is 12.4 Å². The highest BCUT2D eigenvalue weighted by atomic mass is 79.9. The molecule has 1 N–H and O–H groups in total. The molecular formula is C14H19BrClNO3. The Balaban J connectivity index is 0.00000200. The summed E-state index contributed by atoms with van der Waals surface area (Å²) in [5.74, 6) is 0.584. The van der Waals surface area contributed by atoms with Crippen LogP contribution in [0.4, 0.5) is 0 Å². The van der Waals surface area contributed by atoms with E-state index in [1.807, 2.05) is 6.07 Å². The molecule has 0 spiro atoms. The lowest BCUT2D eigenvalue weighted by Gasteiger charge is -2.14. The van der Waals surface area contributed by atoms with Gasteiger partial charge in [-0.2, -0.15) is 0 Å². The maximum Gasteiger partial charge on any atom is 0.323 e. The van der Waals surface area contributed by atoms with Crippen LogP contribution in [-0.2, 0) is 16.0 Å². The lowest BCUT2D eigenvalue weighted by Crippen LogP contribution is -2.31. The van der Waals surface area contributed by atoms with Gasteiger partial charge in [0, 0.05) is 13.0 Å². The third kappa shape index (κ3) is 4.11. The van der Waals surface area contributed by atoms with Gasteiger partial charge in [0.25, 0.3) is 0 Å². The van der Waals surface area contributed by atoms with Crippen molar-refractivity contribution in [3.8, 4) is 5.75 Å². The minimum Gasteiger partial charge on any atom is -0.488 e. The summed E-state index contributed by atoms with van der Waals surface area (Å²) in [5.41, 5.74) is 1.26. The molecule has 0 aliphatic carbocycles. The molecule has 2 atom stereocenters. The zero-order chi connectivity index (χ0) is 13.8. The fourth-order valence-corrected chi connectivity index (χ4v) is 2.67. The van der Waals surface area contributed by atoms with Gasteiger partial charge in [0.05, 0.1) is 11.6 Å². The molecule has 0 unspecified atom stereocenters. The van der Waals surface area contributed by atoms with Gasteiger partial charge in [0.1, 0.15) is 17.9 Å². The van der Waals surface area contributed by atoms with Crippen molar-refractivity contribution >= 4 is 34.3 Å². The van der Waals surface area contributed by atoms with E-state index >= 15 is 0 Å². The van der Waals surface area contributed by atoms with E-state index in [1.54, 1.807) is 0 Å². The first-order valence-electron chi connectivity index (χ1n) is 6.40. The number of halogens is 2. The summed E-state index contributed by atoms with van der Waals surface area (Å²) in [7, 11) is 1.40. The molecule has 112 valence electrons. The van der Waals surface area contributed by atoms with E-state index < -0.39 is 0 Å². The number of methoxy groups -OCH3 is 1. The molecule has 1 aromatic carbocycles. The highest BCUT2D eigenvalue weighted by molar-refractivity contribution is 9.10. The molecule has 6 heteroatoms. The van der Waals surface area contributed by atoms with Crippen molar-refractivity contribution in [3.63, 3.8) is 0 Å². The van der Waals surface area contributed by atoms with Gasteiger partial charge in [-0.25, -0.2) is 0 Å². The number of hydrogen-bond donors (Lipinski definition) is 1. The topological polar surface area (TPSA) is 47.6 Å². The Bertz CT molecular complexity index is 470. The molecular weight excluding hydrogens is 346 g/mol. The van der Waals surface area contributed by atoms with Gasteiger partial charge in [-0.05, 0) is 40.0 Å². The van der Waals surface area contributed by atoms with Gasteiger partial charge in [-0.3, -0.25) is 4.79 Å². The van der Waals surface area contributed by atoms with E-state index in [0.29, 0.717) is 13.0 Å². The smallest absolute Gasteiger partial charge is 0.323 e. The summed E-state index contributed by atoms with van der Waals surface area (Å²) in [6.45, 7) is 2.77. The van der Waals surface area contributed by atoms with Gasteiger partial charge >= 0.3 is 5.97 Å². The largest absolute Gasteiger partial charge is 0.488 e. The summed E-state index contributed by atoms with van der Waals surface area (Å²) in [6, 6.07) is 5.83. The number of carbonyl (C=O) groups excluding carboxylic acids is 1. The summed E-state index contributed by atoms with van der Waals surface area (Å²) < 4.78 is 11.6. The van der Waals surface area contributed by atoms with E-state index in [9.17, 15) is 4.79 Å². The number of carbonyl (C=O) groups is 1. The number of nitrogens with one attached hydrogen (secondary N) is 1. The highest BCUT2D eigenvalue weighted by Gasteiger charge is 2.31. The average Bonchev–Trinajstić information content (AvgIpc) is 2.88. The predicted molar refractivity (Wildman–Crippen MR) is 83.6 cm³/mol.